The van der Waals surface area contributed by atoms with Crippen LogP contribution in [0, 0.1) is 6.92 Å². The second-order valence-electron chi connectivity index (χ2n) is 6.61. The van der Waals surface area contributed by atoms with Gasteiger partial charge in [0.05, 0.1) is 23.2 Å². The monoisotopic (exact) mass is 439 g/mol. The van der Waals surface area contributed by atoms with Crippen LogP contribution in [0.3, 0.4) is 0 Å². The van der Waals surface area contributed by atoms with Gasteiger partial charge in [0, 0.05) is 12.2 Å². The second kappa shape index (κ2) is 10.5. The zero-order valence-electron chi connectivity index (χ0n) is 16.2. The first kappa shape index (κ1) is 23.7. The summed E-state index contributed by atoms with van der Waals surface area (Å²) in [5.74, 6) is -0.751. The van der Waals surface area contributed by atoms with Crippen molar-refractivity contribution in [2.45, 2.75) is 30.1 Å². The number of amides is 1. The van der Waals surface area contributed by atoms with Crippen molar-refractivity contribution in [3.63, 3.8) is 0 Å². The number of hydrazine groups is 1. The number of nitrogens with one attached hydrogen (secondary N) is 3. The Morgan fingerprint density at radius 2 is 1.63 bits per heavy atom. The second-order valence-corrected chi connectivity index (χ2v) is 8.29. The number of carbonyl (C=O) groups is 1. The fraction of sp³-hybridized carbons (Fsp3) is 0.316. The number of hydrogen-bond donors (Lipinski definition) is 7. The standard InChI is InChI=1S/C19H25N3O7S/c1-12-6-8-13(9-7-12)30(28,29)22-21-19(27)14-4-2-3-5-15(14)20-10-16(24)18(26)17(25)11-23/h2-9,16-18,20,22-26H,10-11H2,1H3,(H,21,27)/t16-,17+,18+/m0/s1. The summed E-state index contributed by atoms with van der Waals surface area (Å²) < 4.78 is 24.6. The first-order valence-electron chi connectivity index (χ1n) is 9.02. The van der Waals surface area contributed by atoms with Crippen molar-refractivity contribution in [3.05, 3.63) is 59.7 Å². The smallest absolute Gasteiger partial charge is 0.268 e. The van der Waals surface area contributed by atoms with Crippen LogP contribution < -0.4 is 15.6 Å². The van der Waals surface area contributed by atoms with Gasteiger partial charge in [0.2, 0.25) is 0 Å². The zero-order valence-corrected chi connectivity index (χ0v) is 17.0. The van der Waals surface area contributed by atoms with E-state index in [9.17, 15) is 28.5 Å². The number of para-hydroxylation sites is 1. The van der Waals surface area contributed by atoms with E-state index in [4.69, 9.17) is 5.11 Å². The van der Waals surface area contributed by atoms with E-state index in [1.54, 1.807) is 24.3 Å². The van der Waals surface area contributed by atoms with E-state index in [1.807, 2.05) is 11.8 Å². The number of aliphatic hydroxyl groups is 4. The van der Waals surface area contributed by atoms with Crippen molar-refractivity contribution < 1.29 is 33.6 Å². The number of aryl methyl sites for hydroxylation is 1. The number of sulfonamides is 1. The SMILES string of the molecule is Cc1ccc(S(=O)(=O)NNC(=O)c2ccccc2NC[C@H](O)[C@@H](O)[C@H](O)CO)cc1. The predicted octanol–water partition coefficient (Wildman–Crippen LogP) is -0.895. The highest BCUT2D eigenvalue weighted by molar-refractivity contribution is 7.89. The molecular formula is C19H25N3O7S. The molecule has 0 spiro atoms. The maximum Gasteiger partial charge on any atom is 0.268 e. The van der Waals surface area contributed by atoms with E-state index in [0.717, 1.165) is 5.56 Å². The van der Waals surface area contributed by atoms with Crippen LogP contribution in [0.5, 0.6) is 0 Å². The summed E-state index contributed by atoms with van der Waals surface area (Å²) in [6, 6.07) is 12.2. The summed E-state index contributed by atoms with van der Waals surface area (Å²) in [6.45, 7) is 0.853. The molecule has 0 aliphatic heterocycles. The van der Waals surface area contributed by atoms with Gasteiger partial charge in [0.1, 0.15) is 12.2 Å². The molecule has 0 saturated heterocycles. The molecule has 0 aliphatic carbocycles. The highest BCUT2D eigenvalue weighted by Gasteiger charge is 2.24. The van der Waals surface area contributed by atoms with Gasteiger partial charge < -0.3 is 25.7 Å². The third kappa shape index (κ3) is 6.23. The zero-order chi connectivity index (χ0) is 22.3. The van der Waals surface area contributed by atoms with Gasteiger partial charge in [-0.25, -0.2) is 8.42 Å². The lowest BCUT2D eigenvalue weighted by Gasteiger charge is -2.22. The highest BCUT2D eigenvalue weighted by Crippen LogP contribution is 2.16. The average Bonchev–Trinajstić information content (AvgIpc) is 2.75. The molecule has 2 aromatic rings. The molecular weight excluding hydrogens is 414 g/mol. The molecule has 0 unspecified atom stereocenters. The normalized spacial score (nSPS) is 14.6. The summed E-state index contributed by atoms with van der Waals surface area (Å²) in [5, 5.41) is 40.5. The molecule has 0 saturated carbocycles. The Morgan fingerprint density at radius 1 is 1.00 bits per heavy atom. The molecule has 164 valence electrons. The summed E-state index contributed by atoms with van der Waals surface area (Å²) in [4.78, 5) is 14.5. The van der Waals surface area contributed by atoms with E-state index < -0.39 is 40.8 Å². The third-order valence-corrected chi connectivity index (χ3v) is 5.54. The Hall–Kier alpha value is -2.54. The molecule has 0 aromatic heterocycles. The minimum absolute atomic E-state index is 0.0145. The van der Waals surface area contributed by atoms with Crippen molar-refractivity contribution in [3.8, 4) is 0 Å². The van der Waals surface area contributed by atoms with Gasteiger partial charge in [-0.3, -0.25) is 10.2 Å². The molecule has 0 fully saturated rings. The third-order valence-electron chi connectivity index (χ3n) is 4.28. The van der Waals surface area contributed by atoms with Crippen LogP contribution in [0.25, 0.3) is 0 Å². The van der Waals surface area contributed by atoms with E-state index in [1.165, 1.54) is 24.3 Å². The van der Waals surface area contributed by atoms with Gasteiger partial charge in [-0.1, -0.05) is 29.8 Å². The fourth-order valence-corrected chi connectivity index (χ4v) is 3.33. The lowest BCUT2D eigenvalue weighted by molar-refractivity contribution is -0.0715. The van der Waals surface area contributed by atoms with Gasteiger partial charge in [-0.2, -0.15) is 0 Å². The Labute approximate surface area is 174 Å². The minimum Gasteiger partial charge on any atom is -0.394 e. The van der Waals surface area contributed by atoms with Crippen molar-refractivity contribution in [2.24, 2.45) is 0 Å². The molecule has 2 rings (SSSR count). The lowest BCUT2D eigenvalue weighted by atomic mass is 10.1. The largest absolute Gasteiger partial charge is 0.394 e. The summed E-state index contributed by atoms with van der Waals surface area (Å²) >= 11 is 0. The van der Waals surface area contributed by atoms with Crippen LogP contribution >= 0.6 is 0 Å². The number of hydrogen-bond acceptors (Lipinski definition) is 8. The van der Waals surface area contributed by atoms with Crippen LogP contribution in [0.1, 0.15) is 15.9 Å². The van der Waals surface area contributed by atoms with Crippen LogP contribution in [0.15, 0.2) is 53.4 Å². The summed E-state index contributed by atoms with van der Waals surface area (Å²) in [7, 11) is -3.97. The summed E-state index contributed by atoms with van der Waals surface area (Å²) in [6.07, 6.45) is -4.54. The van der Waals surface area contributed by atoms with Crippen LogP contribution in [0.2, 0.25) is 0 Å². The van der Waals surface area contributed by atoms with E-state index >= 15 is 0 Å². The number of aliphatic hydroxyl groups excluding tert-OH is 4. The molecule has 7 N–H and O–H groups in total. The molecule has 30 heavy (non-hydrogen) atoms. The molecule has 0 aliphatic rings. The molecule has 1 amide bonds. The first-order chi connectivity index (χ1) is 14.2. The average molecular weight is 439 g/mol. The summed E-state index contributed by atoms with van der Waals surface area (Å²) in [5.41, 5.74) is 3.35. The maximum atomic E-state index is 12.5. The molecule has 0 bridgehead atoms. The van der Waals surface area contributed by atoms with Crippen molar-refractivity contribution >= 4 is 21.6 Å². The van der Waals surface area contributed by atoms with Crippen LogP contribution in [-0.2, 0) is 10.0 Å². The number of carbonyl (C=O) groups excluding carboxylic acids is 1. The lowest BCUT2D eigenvalue weighted by Crippen LogP contribution is -2.43. The number of anilines is 1. The topological polar surface area (TPSA) is 168 Å². The number of rotatable bonds is 10. The van der Waals surface area contributed by atoms with Crippen LogP contribution in [-0.4, -0.2) is 66.2 Å². The molecule has 0 radical (unpaired) electrons. The minimum atomic E-state index is -3.97. The first-order valence-corrected chi connectivity index (χ1v) is 10.5. The molecule has 3 atom stereocenters. The Bertz CT molecular complexity index is 951. The number of benzene rings is 2. The molecule has 0 heterocycles. The van der Waals surface area contributed by atoms with E-state index in [-0.39, 0.29) is 22.7 Å². The highest BCUT2D eigenvalue weighted by atomic mass is 32.2. The van der Waals surface area contributed by atoms with E-state index in [0.29, 0.717) is 0 Å². The van der Waals surface area contributed by atoms with Gasteiger partial charge in [0.25, 0.3) is 15.9 Å². The molecule has 11 heteroatoms. The van der Waals surface area contributed by atoms with Crippen molar-refractivity contribution in [1.29, 1.82) is 0 Å². The Kier molecular flexibility index (Phi) is 8.29. The maximum absolute atomic E-state index is 12.5. The van der Waals surface area contributed by atoms with Crippen molar-refractivity contribution in [1.82, 2.24) is 10.3 Å². The predicted molar refractivity (Wildman–Crippen MR) is 109 cm³/mol. The fourth-order valence-electron chi connectivity index (χ4n) is 2.49. The van der Waals surface area contributed by atoms with Crippen LogP contribution in [0.4, 0.5) is 5.69 Å². The Balaban J connectivity index is 2.04. The van der Waals surface area contributed by atoms with Crippen molar-refractivity contribution in [2.75, 3.05) is 18.5 Å². The van der Waals surface area contributed by atoms with Gasteiger partial charge in [-0.15, -0.1) is 4.83 Å². The van der Waals surface area contributed by atoms with Gasteiger partial charge >= 0.3 is 0 Å². The van der Waals surface area contributed by atoms with E-state index in [2.05, 4.69) is 10.7 Å². The molecule has 10 nitrogen and oxygen atoms in total. The van der Waals surface area contributed by atoms with Gasteiger partial charge in [0.15, 0.2) is 0 Å². The Morgan fingerprint density at radius 3 is 2.27 bits per heavy atom. The quantitative estimate of drug-likeness (QED) is 0.234. The van der Waals surface area contributed by atoms with Gasteiger partial charge in [-0.05, 0) is 31.2 Å². The molecule has 2 aromatic carbocycles.